The monoisotopic (exact) mass is 241 g/mol. The highest BCUT2D eigenvalue weighted by molar-refractivity contribution is 5.79. The van der Waals surface area contributed by atoms with Crippen LogP contribution in [-0.2, 0) is 0 Å². The van der Waals surface area contributed by atoms with E-state index in [1.165, 1.54) is 6.39 Å². The molecule has 0 fully saturated rings. The fraction of sp³-hybridized carbons (Fsp3) is 0.0833. The van der Waals surface area contributed by atoms with Crippen LogP contribution in [0, 0.1) is 6.92 Å². The van der Waals surface area contributed by atoms with Crippen molar-refractivity contribution in [3.05, 3.63) is 36.4 Å². The summed E-state index contributed by atoms with van der Waals surface area (Å²) >= 11 is 0. The lowest BCUT2D eigenvalue weighted by molar-refractivity contribution is 0.602. The third kappa shape index (κ3) is 1.78. The number of oxazole rings is 1. The third-order valence-corrected chi connectivity index (χ3v) is 2.61. The first kappa shape index (κ1) is 10.7. The van der Waals surface area contributed by atoms with E-state index in [0.29, 0.717) is 5.95 Å². The van der Waals surface area contributed by atoms with E-state index in [4.69, 9.17) is 10.3 Å². The van der Waals surface area contributed by atoms with Crippen molar-refractivity contribution >= 4 is 17.0 Å². The number of nitrogen functional groups attached to an aromatic ring is 1. The molecule has 1 aromatic carbocycles. The molecular formula is C12H11N5O. The Labute approximate surface area is 103 Å². The highest BCUT2D eigenvalue weighted by Gasteiger charge is 2.06. The van der Waals surface area contributed by atoms with E-state index in [2.05, 4.69) is 20.4 Å². The molecule has 3 N–H and O–H groups in total. The maximum absolute atomic E-state index is 5.34. The molecule has 3 rings (SSSR count). The minimum atomic E-state index is 0.391. The maximum Gasteiger partial charge on any atom is 0.237 e. The van der Waals surface area contributed by atoms with Crippen molar-refractivity contribution in [1.29, 1.82) is 0 Å². The predicted octanol–water partition coefficient (Wildman–Crippen LogP) is 1.88. The van der Waals surface area contributed by atoms with Crippen molar-refractivity contribution in [2.24, 2.45) is 5.84 Å². The molecule has 3 aromatic rings. The minimum Gasteiger partial charge on any atom is -0.443 e. The molecule has 0 radical (unpaired) electrons. The first-order valence-corrected chi connectivity index (χ1v) is 5.42. The van der Waals surface area contributed by atoms with Crippen LogP contribution in [0.1, 0.15) is 5.69 Å². The Morgan fingerprint density at radius 3 is 2.94 bits per heavy atom. The SMILES string of the molecule is Cc1cc(-c2ccc3ncoc3c2)nc(NN)n1. The molecule has 90 valence electrons. The molecule has 18 heavy (non-hydrogen) atoms. The Bertz CT molecular complexity index is 707. The van der Waals surface area contributed by atoms with Crippen LogP contribution < -0.4 is 11.3 Å². The topological polar surface area (TPSA) is 89.9 Å². The fourth-order valence-corrected chi connectivity index (χ4v) is 1.80. The highest BCUT2D eigenvalue weighted by Crippen LogP contribution is 2.23. The van der Waals surface area contributed by atoms with E-state index in [1.807, 2.05) is 31.2 Å². The van der Waals surface area contributed by atoms with E-state index >= 15 is 0 Å². The van der Waals surface area contributed by atoms with Crippen LogP contribution >= 0.6 is 0 Å². The van der Waals surface area contributed by atoms with E-state index in [-0.39, 0.29) is 0 Å². The van der Waals surface area contributed by atoms with Crippen LogP contribution in [0.2, 0.25) is 0 Å². The highest BCUT2D eigenvalue weighted by atomic mass is 16.3. The van der Waals surface area contributed by atoms with E-state index in [1.54, 1.807) is 0 Å². The second kappa shape index (κ2) is 4.08. The molecule has 0 saturated carbocycles. The van der Waals surface area contributed by atoms with Gasteiger partial charge in [0.05, 0.1) is 5.69 Å². The van der Waals surface area contributed by atoms with Crippen LogP contribution in [0.4, 0.5) is 5.95 Å². The van der Waals surface area contributed by atoms with Crippen molar-refractivity contribution in [3.63, 3.8) is 0 Å². The van der Waals surface area contributed by atoms with Gasteiger partial charge in [-0.25, -0.2) is 20.8 Å². The van der Waals surface area contributed by atoms with E-state index < -0.39 is 0 Å². The Balaban J connectivity index is 2.15. The second-order valence-electron chi connectivity index (χ2n) is 3.90. The van der Waals surface area contributed by atoms with Gasteiger partial charge in [-0.2, -0.15) is 0 Å². The third-order valence-electron chi connectivity index (χ3n) is 2.61. The lowest BCUT2D eigenvalue weighted by Crippen LogP contribution is -2.11. The van der Waals surface area contributed by atoms with Gasteiger partial charge in [-0.1, -0.05) is 6.07 Å². The van der Waals surface area contributed by atoms with Crippen LogP contribution in [0.3, 0.4) is 0 Å². The minimum absolute atomic E-state index is 0.391. The summed E-state index contributed by atoms with van der Waals surface area (Å²) in [6, 6.07) is 7.61. The number of rotatable bonds is 2. The summed E-state index contributed by atoms with van der Waals surface area (Å²) in [4.78, 5) is 12.5. The zero-order chi connectivity index (χ0) is 12.5. The van der Waals surface area contributed by atoms with Crippen LogP contribution in [-0.4, -0.2) is 15.0 Å². The number of fused-ring (bicyclic) bond motifs is 1. The number of nitrogens with zero attached hydrogens (tertiary/aromatic N) is 3. The molecule has 0 bridgehead atoms. The van der Waals surface area contributed by atoms with Crippen molar-refractivity contribution < 1.29 is 4.42 Å². The molecule has 0 aliphatic rings. The fourth-order valence-electron chi connectivity index (χ4n) is 1.80. The number of nitrogens with two attached hydrogens (primary N) is 1. The van der Waals surface area contributed by atoms with Gasteiger partial charge in [0.1, 0.15) is 5.52 Å². The van der Waals surface area contributed by atoms with Crippen molar-refractivity contribution in [2.75, 3.05) is 5.43 Å². The van der Waals surface area contributed by atoms with Gasteiger partial charge < -0.3 is 4.42 Å². The molecule has 2 heterocycles. The Kier molecular flexibility index (Phi) is 2.42. The molecule has 0 saturated heterocycles. The largest absolute Gasteiger partial charge is 0.443 e. The van der Waals surface area contributed by atoms with Gasteiger partial charge in [0.25, 0.3) is 0 Å². The van der Waals surface area contributed by atoms with Gasteiger partial charge in [-0.05, 0) is 25.1 Å². The number of anilines is 1. The standard InChI is InChI=1S/C12H11N5O/c1-7-4-10(16-12(15-7)17-13)8-2-3-9-11(5-8)18-6-14-9/h2-6H,13H2,1H3,(H,15,16,17). The molecule has 6 heteroatoms. The van der Waals surface area contributed by atoms with Crippen LogP contribution in [0.25, 0.3) is 22.4 Å². The zero-order valence-electron chi connectivity index (χ0n) is 9.71. The Morgan fingerprint density at radius 1 is 1.22 bits per heavy atom. The average molecular weight is 241 g/mol. The summed E-state index contributed by atoms with van der Waals surface area (Å²) in [5.41, 5.74) is 6.56. The molecule has 0 aliphatic carbocycles. The number of hydrogen-bond donors (Lipinski definition) is 2. The summed E-state index contributed by atoms with van der Waals surface area (Å²) in [5.74, 6) is 5.73. The quantitative estimate of drug-likeness (QED) is 0.526. The molecule has 0 amide bonds. The molecule has 2 aromatic heterocycles. The number of hydrazine groups is 1. The summed E-state index contributed by atoms with van der Waals surface area (Å²) in [7, 11) is 0. The molecule has 0 atom stereocenters. The van der Waals surface area contributed by atoms with Crippen molar-refractivity contribution in [3.8, 4) is 11.3 Å². The van der Waals surface area contributed by atoms with E-state index in [9.17, 15) is 0 Å². The molecule has 0 aliphatic heterocycles. The smallest absolute Gasteiger partial charge is 0.237 e. The number of benzene rings is 1. The first-order chi connectivity index (χ1) is 8.76. The Morgan fingerprint density at radius 2 is 2.11 bits per heavy atom. The summed E-state index contributed by atoms with van der Waals surface area (Å²) in [6.45, 7) is 1.89. The van der Waals surface area contributed by atoms with Gasteiger partial charge in [0.15, 0.2) is 12.0 Å². The van der Waals surface area contributed by atoms with Crippen molar-refractivity contribution in [1.82, 2.24) is 15.0 Å². The zero-order valence-corrected chi connectivity index (χ0v) is 9.71. The summed E-state index contributed by atoms with van der Waals surface area (Å²) < 4.78 is 5.27. The van der Waals surface area contributed by atoms with Crippen LogP contribution in [0.15, 0.2) is 35.1 Å². The van der Waals surface area contributed by atoms with Gasteiger partial charge >= 0.3 is 0 Å². The molecule has 6 nitrogen and oxygen atoms in total. The van der Waals surface area contributed by atoms with E-state index in [0.717, 1.165) is 28.1 Å². The lowest BCUT2D eigenvalue weighted by atomic mass is 10.1. The second-order valence-corrected chi connectivity index (χ2v) is 3.90. The van der Waals surface area contributed by atoms with Crippen molar-refractivity contribution in [2.45, 2.75) is 6.92 Å². The molecule has 0 unspecified atom stereocenters. The lowest BCUT2D eigenvalue weighted by Gasteiger charge is -2.05. The number of nitrogens with one attached hydrogen (secondary N) is 1. The maximum atomic E-state index is 5.34. The molecule has 0 spiro atoms. The summed E-state index contributed by atoms with van der Waals surface area (Å²) in [6.07, 6.45) is 1.42. The van der Waals surface area contributed by atoms with Gasteiger partial charge in [-0.15, -0.1) is 0 Å². The molecular weight excluding hydrogens is 230 g/mol. The average Bonchev–Trinajstić information content (AvgIpc) is 2.85. The van der Waals surface area contributed by atoms with Gasteiger partial charge in [-0.3, -0.25) is 5.43 Å². The number of hydrogen-bond acceptors (Lipinski definition) is 6. The first-order valence-electron chi connectivity index (χ1n) is 5.42. The normalized spacial score (nSPS) is 10.8. The number of aryl methyl sites for hydroxylation is 1. The van der Waals surface area contributed by atoms with Gasteiger partial charge in [0.2, 0.25) is 5.95 Å². The summed E-state index contributed by atoms with van der Waals surface area (Å²) in [5, 5.41) is 0. The predicted molar refractivity (Wildman–Crippen MR) is 67.6 cm³/mol. The van der Waals surface area contributed by atoms with Gasteiger partial charge in [0, 0.05) is 11.3 Å². The van der Waals surface area contributed by atoms with Crippen LogP contribution in [0.5, 0.6) is 0 Å². The number of aromatic nitrogens is 3. The Hall–Kier alpha value is -2.47.